The number of ether oxygens (including phenoxy) is 1. The van der Waals surface area contributed by atoms with Gasteiger partial charge in [0.25, 0.3) is 11.8 Å². The molecule has 46 heavy (non-hydrogen) atoms. The molecule has 1 saturated heterocycles. The summed E-state index contributed by atoms with van der Waals surface area (Å²) >= 11 is 1.22. The second-order valence-electron chi connectivity index (χ2n) is 11.1. The van der Waals surface area contributed by atoms with E-state index in [1.54, 1.807) is 24.4 Å². The van der Waals surface area contributed by atoms with Crippen LogP contribution >= 0.6 is 11.3 Å². The number of anilines is 1. The average Bonchev–Trinajstić information content (AvgIpc) is 3.76. The summed E-state index contributed by atoms with van der Waals surface area (Å²) in [6.07, 6.45) is 2.48. The van der Waals surface area contributed by atoms with Crippen LogP contribution in [0, 0.1) is 5.92 Å². The zero-order valence-electron chi connectivity index (χ0n) is 26.1. The van der Waals surface area contributed by atoms with Crippen molar-refractivity contribution >= 4 is 34.7 Å². The molecule has 15 nitrogen and oxygen atoms in total. The lowest BCUT2D eigenvalue weighted by Gasteiger charge is -2.37. The molecule has 2 fully saturated rings. The molecule has 0 radical (unpaired) electrons. The van der Waals surface area contributed by atoms with Crippen molar-refractivity contribution in [3.05, 3.63) is 52.6 Å². The Bertz CT molecular complexity index is 1490. The van der Waals surface area contributed by atoms with Gasteiger partial charge in [0.15, 0.2) is 5.75 Å². The summed E-state index contributed by atoms with van der Waals surface area (Å²) in [7, 11) is 1.43. The molecular weight excluding hydrogens is 616 g/mol. The quantitative estimate of drug-likeness (QED) is 0.0830. The van der Waals surface area contributed by atoms with Crippen LogP contribution in [0.3, 0.4) is 0 Å². The van der Waals surface area contributed by atoms with Crippen LogP contribution in [0.15, 0.2) is 47.7 Å². The molecule has 1 aromatic carbocycles. The minimum absolute atomic E-state index is 0.0828. The number of likely N-dealkylation sites (tertiary alicyclic amines) is 1. The molecule has 1 saturated carbocycles. The molecular formula is C30H42N8O7S. The standard InChI is InChI=1S/C30H42N8O7S/c1-4-37(5-2)18-11-13-38(14-12-18)29(41)22-16-33-28(46-22)19-7-6-8-20(25(19)45-3)34-21(24(32)27(40)36-30(42,43)44)15-23(31)35-26(39)17-9-10-17/h6-8,15-18,34,42-44H,4-5,9-14,31-32H2,1-3H3,(H,35,39)(H,36,40)/b23-15+,24-21+. The number of amides is 3. The van der Waals surface area contributed by atoms with Crippen molar-refractivity contribution < 1.29 is 34.4 Å². The van der Waals surface area contributed by atoms with Crippen molar-refractivity contribution in [3.8, 4) is 16.3 Å². The predicted octanol–water partition coefficient (Wildman–Crippen LogP) is 0.378. The van der Waals surface area contributed by atoms with Gasteiger partial charge in [0.2, 0.25) is 5.91 Å². The number of allylic oxidation sites excluding steroid dienone is 1. The molecule has 1 aromatic heterocycles. The number of aliphatic hydroxyl groups is 3. The number of thiazole rings is 1. The highest BCUT2D eigenvalue weighted by molar-refractivity contribution is 7.17. The Hall–Kier alpha value is -4.22. The predicted molar refractivity (Wildman–Crippen MR) is 171 cm³/mol. The van der Waals surface area contributed by atoms with E-state index in [0.717, 1.165) is 38.8 Å². The lowest BCUT2D eigenvalue weighted by Crippen LogP contribution is -2.50. The van der Waals surface area contributed by atoms with Gasteiger partial charge < -0.3 is 52.0 Å². The van der Waals surface area contributed by atoms with Crippen LogP contribution in [0.5, 0.6) is 5.75 Å². The van der Waals surface area contributed by atoms with Gasteiger partial charge in [-0.2, -0.15) is 0 Å². The van der Waals surface area contributed by atoms with Crippen molar-refractivity contribution in [1.82, 2.24) is 25.4 Å². The molecule has 0 unspecified atom stereocenters. The minimum atomic E-state index is -3.54. The second kappa shape index (κ2) is 14.9. The zero-order chi connectivity index (χ0) is 33.6. The lowest BCUT2D eigenvalue weighted by atomic mass is 10.0. The molecule has 2 aromatic rings. The molecule has 10 N–H and O–H groups in total. The van der Waals surface area contributed by atoms with E-state index in [2.05, 4.69) is 34.4 Å². The third kappa shape index (κ3) is 8.73. The summed E-state index contributed by atoms with van der Waals surface area (Å²) in [4.78, 5) is 47.5. The first-order valence-electron chi connectivity index (χ1n) is 15.1. The van der Waals surface area contributed by atoms with Crippen LogP contribution < -0.4 is 32.2 Å². The van der Waals surface area contributed by atoms with E-state index in [1.807, 2.05) is 4.90 Å². The van der Waals surface area contributed by atoms with Crippen LogP contribution in [-0.2, 0) is 9.59 Å². The Balaban J connectivity index is 1.58. The first-order chi connectivity index (χ1) is 21.8. The fourth-order valence-corrected chi connectivity index (χ4v) is 6.21. The van der Waals surface area contributed by atoms with E-state index in [-0.39, 0.29) is 35.0 Å². The Labute approximate surface area is 270 Å². The Morgan fingerprint density at radius 2 is 1.80 bits per heavy atom. The first-order valence-corrected chi connectivity index (χ1v) is 15.9. The maximum absolute atomic E-state index is 13.4. The Morgan fingerprint density at radius 1 is 1.13 bits per heavy atom. The number of methoxy groups -OCH3 is 1. The van der Waals surface area contributed by atoms with E-state index >= 15 is 0 Å². The van der Waals surface area contributed by atoms with Gasteiger partial charge >= 0.3 is 6.10 Å². The Kier molecular flexibility index (Phi) is 11.2. The summed E-state index contributed by atoms with van der Waals surface area (Å²) in [6, 6.07) is 5.53. The average molecular weight is 659 g/mol. The number of nitrogens with one attached hydrogen (secondary N) is 3. The molecule has 16 heteroatoms. The van der Waals surface area contributed by atoms with Crippen LogP contribution in [-0.4, -0.2) is 93.3 Å². The molecule has 3 amide bonds. The van der Waals surface area contributed by atoms with Gasteiger partial charge in [-0.05, 0) is 50.9 Å². The number of nitrogens with zero attached hydrogens (tertiary/aromatic N) is 3. The van der Waals surface area contributed by atoms with Crippen LogP contribution in [0.2, 0.25) is 0 Å². The van der Waals surface area contributed by atoms with Crippen molar-refractivity contribution in [2.24, 2.45) is 17.4 Å². The number of benzene rings is 1. The van der Waals surface area contributed by atoms with Crippen molar-refractivity contribution in [1.29, 1.82) is 0 Å². The van der Waals surface area contributed by atoms with E-state index in [4.69, 9.17) is 16.2 Å². The highest BCUT2D eigenvalue weighted by Gasteiger charge is 2.31. The van der Waals surface area contributed by atoms with Gasteiger partial charge in [-0.3, -0.25) is 19.7 Å². The highest BCUT2D eigenvalue weighted by Crippen LogP contribution is 2.39. The molecule has 1 aliphatic heterocycles. The van der Waals surface area contributed by atoms with Crippen molar-refractivity contribution in [2.45, 2.75) is 51.7 Å². The first kappa shape index (κ1) is 34.6. The number of carbonyl (C=O) groups excluding carboxylic acids is 3. The van der Waals surface area contributed by atoms with E-state index in [9.17, 15) is 29.7 Å². The maximum Gasteiger partial charge on any atom is 0.369 e. The SMILES string of the molecule is CCN(CC)C1CCN(C(=O)c2cnc(-c3cccc(NC(/C=C(\N)NC(=O)C4CC4)=C(/N)C(=O)NC(O)(O)O)c3OC)s2)CC1. The molecule has 4 rings (SSSR count). The fraction of sp³-hybridized carbons (Fsp3) is 0.467. The van der Waals surface area contributed by atoms with Crippen molar-refractivity contribution in [3.63, 3.8) is 0 Å². The number of hydrogen-bond donors (Lipinski definition) is 8. The summed E-state index contributed by atoms with van der Waals surface area (Å²) in [6.45, 7) is 7.60. The van der Waals surface area contributed by atoms with Crippen LogP contribution in [0.1, 0.15) is 49.2 Å². The molecule has 0 atom stereocenters. The van der Waals surface area contributed by atoms with Gasteiger partial charge in [-0.25, -0.2) is 4.98 Å². The monoisotopic (exact) mass is 658 g/mol. The number of hydrogen-bond acceptors (Lipinski definition) is 13. The number of nitrogens with two attached hydrogens (primary N) is 2. The van der Waals surface area contributed by atoms with Crippen molar-refractivity contribution in [2.75, 3.05) is 38.6 Å². The number of piperidine rings is 1. The van der Waals surface area contributed by atoms with Gasteiger partial charge in [0, 0.05) is 31.1 Å². The molecule has 250 valence electrons. The van der Waals surface area contributed by atoms with Crippen LogP contribution in [0.4, 0.5) is 5.69 Å². The van der Waals surface area contributed by atoms with E-state index in [0.29, 0.717) is 40.3 Å². The third-order valence-electron chi connectivity index (χ3n) is 7.85. The summed E-state index contributed by atoms with van der Waals surface area (Å²) in [5.74, 6) is -1.64. The highest BCUT2D eigenvalue weighted by atomic mass is 32.1. The molecule has 2 aliphatic rings. The largest absolute Gasteiger partial charge is 0.494 e. The zero-order valence-corrected chi connectivity index (χ0v) is 26.9. The topological polar surface area (TPSA) is 229 Å². The molecule has 0 bridgehead atoms. The van der Waals surface area contributed by atoms with Gasteiger partial charge in [-0.15, -0.1) is 11.3 Å². The van der Waals surface area contributed by atoms with Crippen LogP contribution in [0.25, 0.3) is 10.6 Å². The number of para-hydroxylation sites is 1. The maximum atomic E-state index is 13.4. The number of carbonyl (C=O) groups is 3. The van der Waals surface area contributed by atoms with Gasteiger partial charge in [0.05, 0.1) is 30.3 Å². The third-order valence-corrected chi connectivity index (χ3v) is 8.87. The summed E-state index contributed by atoms with van der Waals surface area (Å²) in [5, 5.41) is 35.2. The summed E-state index contributed by atoms with van der Waals surface area (Å²) < 4.78 is 5.70. The number of aromatic nitrogens is 1. The number of rotatable bonds is 13. The normalized spacial score (nSPS) is 16.6. The molecule has 2 heterocycles. The minimum Gasteiger partial charge on any atom is -0.494 e. The second-order valence-corrected chi connectivity index (χ2v) is 12.1. The van der Waals surface area contributed by atoms with Gasteiger partial charge in [-0.1, -0.05) is 19.9 Å². The Morgan fingerprint density at radius 3 is 2.39 bits per heavy atom. The molecule has 1 aliphatic carbocycles. The van der Waals surface area contributed by atoms with E-state index in [1.165, 1.54) is 29.8 Å². The smallest absolute Gasteiger partial charge is 0.369 e. The molecule has 0 spiro atoms. The summed E-state index contributed by atoms with van der Waals surface area (Å²) in [5.41, 5.74) is 12.1. The lowest BCUT2D eigenvalue weighted by molar-refractivity contribution is -0.325. The van der Waals surface area contributed by atoms with Gasteiger partial charge in [0.1, 0.15) is 21.4 Å². The van der Waals surface area contributed by atoms with E-state index < -0.39 is 17.7 Å². The fourth-order valence-electron chi connectivity index (χ4n) is 5.30.